The van der Waals surface area contributed by atoms with Gasteiger partial charge in [0, 0.05) is 33.6 Å². The number of anilines is 2. The molecule has 0 spiro atoms. The molecule has 0 saturated carbocycles. The van der Waals surface area contributed by atoms with Crippen molar-refractivity contribution in [3.8, 4) is 0 Å². The number of carboxylic acid groups (broad SMARTS) is 2. The number of nitrogens with one attached hydrogen (secondary N) is 4. The fourth-order valence-electron chi connectivity index (χ4n) is 5.23. The van der Waals surface area contributed by atoms with Gasteiger partial charge in [-0.2, -0.15) is 26.3 Å². The fourth-order valence-corrected chi connectivity index (χ4v) is 5.23. The number of nitrogens with two attached hydrogens (primary N) is 2. The molecular formula is C40H36F6N6O10. The number of carboxylic acids is 2. The van der Waals surface area contributed by atoms with Gasteiger partial charge in [0.15, 0.2) is 11.6 Å². The number of ketones is 2. The minimum absolute atomic E-state index is 0.102. The quantitative estimate of drug-likeness (QED) is 0.0841. The predicted octanol–water partition coefficient (Wildman–Crippen LogP) is 2.98. The zero-order valence-corrected chi connectivity index (χ0v) is 31.8. The van der Waals surface area contributed by atoms with Gasteiger partial charge in [-0.1, -0.05) is 60.7 Å². The Morgan fingerprint density at radius 1 is 0.516 bits per heavy atom. The fraction of sp³-hybridized carbons (Fsp3) is 0.200. The zero-order valence-electron chi connectivity index (χ0n) is 31.8. The van der Waals surface area contributed by atoms with E-state index in [9.17, 15) is 55.1 Å². The van der Waals surface area contributed by atoms with Crippen molar-refractivity contribution in [3.63, 3.8) is 0 Å². The van der Waals surface area contributed by atoms with Crippen LogP contribution in [0.15, 0.2) is 97.1 Å². The van der Waals surface area contributed by atoms with Crippen molar-refractivity contribution in [2.24, 2.45) is 11.5 Å². The number of amides is 4. The lowest BCUT2D eigenvalue weighted by molar-refractivity contribution is -0.193. The Morgan fingerprint density at radius 2 is 0.823 bits per heavy atom. The van der Waals surface area contributed by atoms with Crippen LogP contribution in [0.5, 0.6) is 0 Å². The van der Waals surface area contributed by atoms with Gasteiger partial charge in [-0.3, -0.25) is 28.8 Å². The van der Waals surface area contributed by atoms with Gasteiger partial charge >= 0.3 is 24.3 Å². The summed E-state index contributed by atoms with van der Waals surface area (Å²) in [7, 11) is 0. The number of fused-ring (bicyclic) bond motifs is 2. The molecule has 0 aliphatic heterocycles. The van der Waals surface area contributed by atoms with E-state index < -0.39 is 71.6 Å². The van der Waals surface area contributed by atoms with E-state index in [-0.39, 0.29) is 46.7 Å². The zero-order chi connectivity index (χ0) is 46.4. The van der Waals surface area contributed by atoms with Crippen LogP contribution in [0.3, 0.4) is 0 Å². The van der Waals surface area contributed by atoms with E-state index in [0.29, 0.717) is 12.8 Å². The van der Waals surface area contributed by atoms with E-state index >= 15 is 0 Å². The van der Waals surface area contributed by atoms with Crippen LogP contribution in [0, 0.1) is 0 Å². The Hall–Kier alpha value is -7.46. The minimum Gasteiger partial charge on any atom is -0.475 e. The van der Waals surface area contributed by atoms with E-state index in [2.05, 4.69) is 21.3 Å². The number of rotatable bonds is 12. The maximum atomic E-state index is 13.4. The van der Waals surface area contributed by atoms with Crippen molar-refractivity contribution in [2.45, 2.75) is 37.3 Å². The molecule has 62 heavy (non-hydrogen) atoms. The first-order chi connectivity index (χ1) is 29.0. The molecule has 4 amide bonds. The molecule has 0 heterocycles. The Kier molecular flexibility index (Phi) is 17.1. The lowest BCUT2D eigenvalue weighted by Crippen LogP contribution is -2.44. The highest BCUT2D eigenvalue weighted by atomic mass is 19.4. The Morgan fingerprint density at radius 3 is 1.11 bits per heavy atom. The third kappa shape index (κ3) is 15.0. The number of carbonyl (C=O) groups is 8. The van der Waals surface area contributed by atoms with E-state index in [4.69, 9.17) is 31.3 Å². The summed E-state index contributed by atoms with van der Waals surface area (Å²) in [6.07, 6.45) is -9.54. The number of halogens is 6. The van der Waals surface area contributed by atoms with Crippen LogP contribution < -0.4 is 32.7 Å². The standard InChI is InChI=1S/C36H34N6O6.2C2HF3O2/c37-29(15-21-7-3-1-4-8-21)35(47)39-19-31(43)41-23-11-13-25-27(17-23)33(45)26-14-12-24(18-28(26)34(25)46)42-32(44)20-40-36(48)30(38)16-22-9-5-2-6-10-22;2*3-2(4,5)1(6)7/h1-14,17-18,29-30H,15-16,19-20,37-38H2,(H,39,47)(H,40,48)(H,41,43)(H,42,44);2*(H,6,7)/t29-,30-;;/m0../s1. The topological polar surface area (TPSA) is 277 Å². The van der Waals surface area contributed by atoms with E-state index in [1.807, 2.05) is 60.7 Å². The van der Waals surface area contributed by atoms with E-state index in [1.165, 1.54) is 36.4 Å². The SMILES string of the molecule is N[C@@H](Cc1ccccc1)C(=O)NCC(=O)Nc1ccc2c(c1)C(=O)c1ccc(NC(=O)CNC(=O)[C@@H](N)Cc3ccccc3)cc1C2=O.O=C(O)C(F)(F)F.O=C(O)C(F)(F)F. The van der Waals surface area contributed by atoms with Gasteiger partial charge in [0.1, 0.15) is 0 Å². The number of alkyl halides is 6. The molecule has 2 atom stereocenters. The number of hydrogen-bond acceptors (Lipinski definition) is 10. The predicted molar refractivity (Wildman–Crippen MR) is 207 cm³/mol. The van der Waals surface area contributed by atoms with E-state index in [1.54, 1.807) is 0 Å². The summed E-state index contributed by atoms with van der Waals surface area (Å²) in [6, 6.07) is 25.5. The third-order valence-corrected chi connectivity index (χ3v) is 8.19. The van der Waals surface area contributed by atoms with Crippen LogP contribution in [0.1, 0.15) is 43.0 Å². The second-order valence-electron chi connectivity index (χ2n) is 12.9. The van der Waals surface area contributed by atoms with Gasteiger partial charge in [-0.05, 0) is 60.4 Å². The van der Waals surface area contributed by atoms with Crippen molar-refractivity contribution >= 4 is 58.5 Å². The molecule has 0 bridgehead atoms. The average molecular weight is 875 g/mol. The number of hydrogen-bond donors (Lipinski definition) is 8. The smallest absolute Gasteiger partial charge is 0.475 e. The Labute approximate surface area is 346 Å². The van der Waals surface area contributed by atoms with Gasteiger partial charge in [-0.15, -0.1) is 0 Å². The van der Waals surface area contributed by atoms with Gasteiger partial charge in [0.2, 0.25) is 23.6 Å². The van der Waals surface area contributed by atoms with Crippen molar-refractivity contribution in [3.05, 3.63) is 130 Å². The summed E-state index contributed by atoms with van der Waals surface area (Å²) in [5.41, 5.74) is 14.7. The van der Waals surface area contributed by atoms with Crippen LogP contribution in [-0.2, 0) is 41.6 Å². The normalized spacial score (nSPS) is 12.6. The van der Waals surface area contributed by atoms with Crippen LogP contribution in [-0.4, -0.2) is 94.9 Å². The Balaban J connectivity index is 0.000000629. The summed E-state index contributed by atoms with van der Waals surface area (Å²) >= 11 is 0. The molecule has 10 N–H and O–H groups in total. The molecule has 4 aromatic rings. The van der Waals surface area contributed by atoms with Crippen molar-refractivity contribution in [2.75, 3.05) is 23.7 Å². The molecule has 5 rings (SSSR count). The van der Waals surface area contributed by atoms with Gasteiger partial charge in [-0.25, -0.2) is 9.59 Å². The number of carbonyl (C=O) groups excluding carboxylic acids is 6. The molecule has 0 unspecified atom stereocenters. The molecule has 1 aliphatic rings. The first-order valence-corrected chi connectivity index (χ1v) is 17.7. The average Bonchev–Trinajstić information content (AvgIpc) is 3.21. The summed E-state index contributed by atoms with van der Waals surface area (Å²) in [4.78, 5) is 94.3. The molecule has 16 nitrogen and oxygen atoms in total. The van der Waals surface area contributed by atoms with Gasteiger partial charge in [0.25, 0.3) is 0 Å². The monoisotopic (exact) mass is 874 g/mol. The summed E-state index contributed by atoms with van der Waals surface area (Å²) in [6.45, 7) is -0.681. The highest BCUT2D eigenvalue weighted by Gasteiger charge is 2.39. The van der Waals surface area contributed by atoms with Crippen LogP contribution >= 0.6 is 0 Å². The van der Waals surface area contributed by atoms with Gasteiger partial charge < -0.3 is 42.9 Å². The molecular weight excluding hydrogens is 838 g/mol. The van der Waals surface area contributed by atoms with Crippen molar-refractivity contribution in [1.29, 1.82) is 0 Å². The highest BCUT2D eigenvalue weighted by molar-refractivity contribution is 6.29. The lowest BCUT2D eigenvalue weighted by atomic mass is 9.83. The second-order valence-corrected chi connectivity index (χ2v) is 12.9. The molecule has 4 aromatic carbocycles. The summed E-state index contributed by atoms with van der Waals surface area (Å²) in [5, 5.41) is 24.5. The van der Waals surface area contributed by atoms with Crippen molar-refractivity contribution < 1.29 is 74.9 Å². The molecule has 0 saturated heterocycles. The maximum Gasteiger partial charge on any atom is 0.490 e. The van der Waals surface area contributed by atoms with Crippen LogP contribution in [0.2, 0.25) is 0 Å². The third-order valence-electron chi connectivity index (χ3n) is 8.19. The largest absolute Gasteiger partial charge is 0.490 e. The first-order valence-electron chi connectivity index (χ1n) is 17.7. The van der Waals surface area contributed by atoms with Crippen LogP contribution in [0.25, 0.3) is 0 Å². The van der Waals surface area contributed by atoms with Crippen molar-refractivity contribution in [1.82, 2.24) is 10.6 Å². The summed E-state index contributed by atoms with van der Waals surface area (Å²) in [5.74, 6) is -8.44. The van der Waals surface area contributed by atoms with Gasteiger partial charge in [0.05, 0.1) is 25.2 Å². The first kappa shape index (κ1) is 48.9. The van der Waals surface area contributed by atoms with Crippen LogP contribution in [0.4, 0.5) is 37.7 Å². The molecule has 328 valence electrons. The minimum atomic E-state index is -5.08. The number of benzene rings is 4. The molecule has 0 aromatic heterocycles. The van der Waals surface area contributed by atoms with E-state index in [0.717, 1.165) is 11.1 Å². The highest BCUT2D eigenvalue weighted by Crippen LogP contribution is 2.31. The lowest BCUT2D eigenvalue weighted by Gasteiger charge is -2.19. The molecule has 22 heteroatoms. The molecule has 0 radical (unpaired) electrons. The Bertz CT molecular complexity index is 2150. The molecule has 1 aliphatic carbocycles. The summed E-state index contributed by atoms with van der Waals surface area (Å²) < 4.78 is 63.5. The maximum absolute atomic E-state index is 13.4. The second kappa shape index (κ2) is 21.7. The number of aliphatic carboxylic acids is 2. The molecule has 0 fully saturated rings.